The zero-order valence-electron chi connectivity index (χ0n) is 10.3. The van der Waals surface area contributed by atoms with Gasteiger partial charge in [-0.15, -0.1) is 0 Å². The molecule has 0 saturated carbocycles. The molecule has 98 valence electrons. The number of nitrogens with one attached hydrogen (secondary N) is 1. The number of thioether (sulfide) groups is 1. The summed E-state index contributed by atoms with van der Waals surface area (Å²) in [5.41, 5.74) is 0. The fourth-order valence-electron chi connectivity index (χ4n) is 2.03. The number of carbonyl (C=O) groups excluding carboxylic acids is 2. The van der Waals surface area contributed by atoms with Crippen molar-refractivity contribution in [1.82, 2.24) is 10.2 Å². The summed E-state index contributed by atoms with van der Waals surface area (Å²) < 4.78 is 0. The van der Waals surface area contributed by atoms with E-state index in [9.17, 15) is 9.59 Å². The molecular weight excluding hydrogens is 240 g/mol. The Hall–Kier alpha value is -0.750. The van der Waals surface area contributed by atoms with Crippen molar-refractivity contribution in [2.24, 2.45) is 0 Å². The Bertz CT molecular complexity index is 282. The van der Waals surface area contributed by atoms with Gasteiger partial charge in [0.05, 0.1) is 6.61 Å². The first-order chi connectivity index (χ1) is 8.13. The number of aliphatic hydroxyl groups excluding tert-OH is 1. The molecule has 0 radical (unpaired) electrons. The predicted octanol–water partition coefficient (Wildman–Crippen LogP) is 0.821. The van der Waals surface area contributed by atoms with Crippen LogP contribution >= 0.6 is 11.8 Å². The van der Waals surface area contributed by atoms with Crippen LogP contribution in [0.4, 0.5) is 4.79 Å². The number of hydrogen-bond acceptors (Lipinski definition) is 4. The van der Waals surface area contributed by atoms with Crippen LogP contribution in [0.2, 0.25) is 0 Å². The lowest BCUT2D eigenvalue weighted by atomic mass is 10.1. The number of carbonyl (C=O) groups is 2. The van der Waals surface area contributed by atoms with Crippen LogP contribution in [0.3, 0.4) is 0 Å². The van der Waals surface area contributed by atoms with E-state index >= 15 is 0 Å². The van der Waals surface area contributed by atoms with Crippen molar-refractivity contribution >= 4 is 22.9 Å². The molecule has 0 aromatic heterocycles. The molecule has 1 rings (SSSR count). The van der Waals surface area contributed by atoms with Crippen molar-refractivity contribution in [3.63, 3.8) is 0 Å². The highest BCUT2D eigenvalue weighted by Crippen LogP contribution is 2.17. The molecule has 1 unspecified atom stereocenters. The normalized spacial score (nSPS) is 19.5. The molecule has 0 bridgehead atoms. The SMILES string of the molecule is CCC(CC)N(CCO)C(=O)C1CSC(=O)N1. The van der Waals surface area contributed by atoms with Crippen LogP contribution in [0.25, 0.3) is 0 Å². The van der Waals surface area contributed by atoms with Gasteiger partial charge < -0.3 is 15.3 Å². The number of hydrogen-bond donors (Lipinski definition) is 2. The fourth-order valence-corrected chi connectivity index (χ4v) is 2.80. The summed E-state index contributed by atoms with van der Waals surface area (Å²) >= 11 is 1.14. The molecule has 0 aliphatic carbocycles. The van der Waals surface area contributed by atoms with Gasteiger partial charge >= 0.3 is 0 Å². The smallest absolute Gasteiger partial charge is 0.279 e. The topological polar surface area (TPSA) is 69.6 Å². The second-order valence-electron chi connectivity index (χ2n) is 4.02. The molecule has 6 heteroatoms. The molecule has 1 fully saturated rings. The molecule has 1 atom stereocenters. The van der Waals surface area contributed by atoms with Gasteiger partial charge in [0.1, 0.15) is 6.04 Å². The maximum absolute atomic E-state index is 12.2. The highest BCUT2D eigenvalue weighted by Gasteiger charge is 2.33. The van der Waals surface area contributed by atoms with E-state index in [1.807, 2.05) is 13.8 Å². The number of amides is 2. The van der Waals surface area contributed by atoms with E-state index in [4.69, 9.17) is 5.11 Å². The van der Waals surface area contributed by atoms with Crippen molar-refractivity contribution in [3.05, 3.63) is 0 Å². The third-order valence-electron chi connectivity index (χ3n) is 2.98. The highest BCUT2D eigenvalue weighted by molar-refractivity contribution is 8.14. The monoisotopic (exact) mass is 260 g/mol. The number of nitrogens with zero attached hydrogens (tertiary/aromatic N) is 1. The van der Waals surface area contributed by atoms with Crippen LogP contribution in [0, 0.1) is 0 Å². The van der Waals surface area contributed by atoms with Crippen LogP contribution in [-0.4, -0.2) is 52.1 Å². The third kappa shape index (κ3) is 3.61. The van der Waals surface area contributed by atoms with Gasteiger partial charge in [0.2, 0.25) is 5.91 Å². The van der Waals surface area contributed by atoms with Crippen LogP contribution in [0.5, 0.6) is 0 Å². The van der Waals surface area contributed by atoms with Gasteiger partial charge in [-0.05, 0) is 12.8 Å². The fraction of sp³-hybridized carbons (Fsp3) is 0.818. The zero-order valence-corrected chi connectivity index (χ0v) is 11.1. The zero-order chi connectivity index (χ0) is 12.8. The Labute approximate surface area is 106 Å². The molecule has 1 heterocycles. The Kier molecular flexibility index (Phi) is 5.77. The van der Waals surface area contributed by atoms with Crippen molar-refractivity contribution in [1.29, 1.82) is 0 Å². The molecule has 1 aliphatic heterocycles. The van der Waals surface area contributed by atoms with Crippen LogP contribution in [-0.2, 0) is 4.79 Å². The average molecular weight is 260 g/mol. The van der Waals surface area contributed by atoms with Gasteiger partial charge in [-0.25, -0.2) is 0 Å². The second kappa shape index (κ2) is 6.86. The molecule has 1 aliphatic rings. The minimum Gasteiger partial charge on any atom is -0.395 e. The van der Waals surface area contributed by atoms with Gasteiger partial charge in [-0.1, -0.05) is 25.6 Å². The Morgan fingerprint density at radius 2 is 2.24 bits per heavy atom. The lowest BCUT2D eigenvalue weighted by Crippen LogP contribution is -2.50. The van der Waals surface area contributed by atoms with E-state index in [1.165, 1.54) is 0 Å². The van der Waals surface area contributed by atoms with E-state index in [-0.39, 0.29) is 23.8 Å². The van der Waals surface area contributed by atoms with Gasteiger partial charge in [-0.2, -0.15) is 0 Å². The predicted molar refractivity (Wildman–Crippen MR) is 67.9 cm³/mol. The van der Waals surface area contributed by atoms with E-state index in [0.29, 0.717) is 12.3 Å². The van der Waals surface area contributed by atoms with Crippen molar-refractivity contribution in [2.45, 2.75) is 38.8 Å². The second-order valence-corrected chi connectivity index (χ2v) is 5.01. The van der Waals surface area contributed by atoms with Crippen LogP contribution in [0.15, 0.2) is 0 Å². The Morgan fingerprint density at radius 1 is 1.59 bits per heavy atom. The molecule has 0 aromatic rings. The number of aliphatic hydroxyl groups is 1. The van der Waals surface area contributed by atoms with Crippen molar-refractivity contribution in [2.75, 3.05) is 18.9 Å². The molecule has 1 saturated heterocycles. The highest BCUT2D eigenvalue weighted by atomic mass is 32.2. The Balaban J connectivity index is 2.68. The van der Waals surface area contributed by atoms with Gasteiger partial charge in [0, 0.05) is 18.3 Å². The first-order valence-corrected chi connectivity index (χ1v) is 6.97. The first-order valence-electron chi connectivity index (χ1n) is 5.98. The van der Waals surface area contributed by atoms with Gasteiger partial charge in [-0.3, -0.25) is 9.59 Å². The summed E-state index contributed by atoms with van der Waals surface area (Å²) in [6.07, 6.45) is 1.71. The van der Waals surface area contributed by atoms with E-state index in [1.54, 1.807) is 4.90 Å². The largest absolute Gasteiger partial charge is 0.395 e. The summed E-state index contributed by atoms with van der Waals surface area (Å²) in [4.78, 5) is 25.0. The Morgan fingerprint density at radius 3 is 2.65 bits per heavy atom. The van der Waals surface area contributed by atoms with Gasteiger partial charge in [0.15, 0.2) is 0 Å². The summed E-state index contributed by atoms with van der Waals surface area (Å²) in [5.74, 6) is 0.408. The lowest BCUT2D eigenvalue weighted by Gasteiger charge is -2.31. The minimum atomic E-state index is -0.431. The molecule has 0 spiro atoms. The third-order valence-corrected chi connectivity index (χ3v) is 3.86. The summed E-state index contributed by atoms with van der Waals surface area (Å²) in [6.45, 7) is 4.33. The molecule has 5 nitrogen and oxygen atoms in total. The van der Waals surface area contributed by atoms with Crippen molar-refractivity contribution < 1.29 is 14.7 Å². The average Bonchev–Trinajstić information content (AvgIpc) is 2.75. The van der Waals surface area contributed by atoms with E-state index in [2.05, 4.69) is 5.32 Å². The molecule has 2 amide bonds. The first kappa shape index (κ1) is 14.3. The maximum atomic E-state index is 12.2. The standard InChI is InChI=1S/C11H20N2O3S/c1-3-8(4-2)13(5-6-14)10(15)9-7-17-11(16)12-9/h8-9,14H,3-7H2,1-2H3,(H,12,16). The van der Waals surface area contributed by atoms with Gasteiger partial charge in [0.25, 0.3) is 5.24 Å². The summed E-state index contributed by atoms with van der Waals surface area (Å²) in [6, 6.07) is -0.295. The minimum absolute atomic E-state index is 0.0456. The number of rotatable bonds is 6. The molecule has 2 N–H and O–H groups in total. The van der Waals surface area contributed by atoms with Crippen LogP contribution < -0.4 is 5.32 Å². The van der Waals surface area contributed by atoms with E-state index < -0.39 is 6.04 Å². The van der Waals surface area contributed by atoms with E-state index in [0.717, 1.165) is 24.6 Å². The molecular formula is C11H20N2O3S. The van der Waals surface area contributed by atoms with Crippen molar-refractivity contribution in [3.8, 4) is 0 Å². The maximum Gasteiger partial charge on any atom is 0.279 e. The summed E-state index contributed by atoms with van der Waals surface area (Å²) in [5, 5.41) is 11.5. The molecule has 17 heavy (non-hydrogen) atoms. The summed E-state index contributed by atoms with van der Waals surface area (Å²) in [7, 11) is 0. The molecule has 0 aromatic carbocycles. The lowest BCUT2D eigenvalue weighted by molar-refractivity contribution is -0.135. The quantitative estimate of drug-likeness (QED) is 0.742. The van der Waals surface area contributed by atoms with Crippen LogP contribution in [0.1, 0.15) is 26.7 Å².